The van der Waals surface area contributed by atoms with E-state index in [-0.39, 0.29) is 6.10 Å². The van der Waals surface area contributed by atoms with Crippen LogP contribution in [-0.4, -0.2) is 35.2 Å². The standard InChI is InChI=1S/C17H23F2NO/c18-14-6-5-13(11-15(14)19)12-7-9-20(10-8-12)16-3-1-2-4-17(16)21/h5-6,11-12,16-17,21H,1-4,7-10H2/t16-,17-/m1/s1. The first-order chi connectivity index (χ1) is 10.1. The number of likely N-dealkylation sites (tertiary alicyclic amines) is 1. The molecule has 1 N–H and O–H groups in total. The second kappa shape index (κ2) is 6.41. The van der Waals surface area contributed by atoms with Gasteiger partial charge in [-0.05, 0) is 62.4 Å². The molecule has 1 saturated carbocycles. The van der Waals surface area contributed by atoms with E-state index in [0.717, 1.165) is 50.8 Å². The van der Waals surface area contributed by atoms with Crippen LogP contribution in [-0.2, 0) is 0 Å². The van der Waals surface area contributed by atoms with Gasteiger partial charge in [0.05, 0.1) is 6.10 Å². The first kappa shape index (κ1) is 14.9. The van der Waals surface area contributed by atoms with Gasteiger partial charge in [0.1, 0.15) is 0 Å². The second-order valence-corrected chi connectivity index (χ2v) is 6.40. The van der Waals surface area contributed by atoms with Gasteiger partial charge in [0, 0.05) is 6.04 Å². The van der Waals surface area contributed by atoms with Crippen molar-refractivity contribution in [1.82, 2.24) is 4.90 Å². The summed E-state index contributed by atoms with van der Waals surface area (Å²) in [5, 5.41) is 10.1. The van der Waals surface area contributed by atoms with Gasteiger partial charge in [0.15, 0.2) is 11.6 Å². The Labute approximate surface area is 124 Å². The molecule has 1 saturated heterocycles. The third-order valence-corrected chi connectivity index (χ3v) is 5.11. The van der Waals surface area contributed by atoms with Crippen molar-refractivity contribution in [3.05, 3.63) is 35.4 Å². The lowest BCUT2D eigenvalue weighted by molar-refractivity contribution is 0.00869. The molecule has 4 heteroatoms. The number of halogens is 2. The SMILES string of the molecule is O[C@@H]1CCCC[C@H]1N1CCC(c2ccc(F)c(F)c2)CC1. The lowest BCUT2D eigenvalue weighted by Gasteiger charge is -2.41. The van der Waals surface area contributed by atoms with Crippen molar-refractivity contribution in [2.24, 2.45) is 0 Å². The molecule has 116 valence electrons. The van der Waals surface area contributed by atoms with Gasteiger partial charge < -0.3 is 5.11 Å². The summed E-state index contributed by atoms with van der Waals surface area (Å²) in [4.78, 5) is 2.39. The number of nitrogens with zero attached hydrogens (tertiary/aromatic N) is 1. The molecule has 1 aromatic carbocycles. The molecule has 0 spiro atoms. The van der Waals surface area contributed by atoms with Crippen molar-refractivity contribution >= 4 is 0 Å². The minimum absolute atomic E-state index is 0.196. The summed E-state index contributed by atoms with van der Waals surface area (Å²) in [5.74, 6) is -1.23. The lowest BCUT2D eigenvalue weighted by Crippen LogP contribution is -2.48. The number of hydrogen-bond donors (Lipinski definition) is 1. The summed E-state index contributed by atoms with van der Waals surface area (Å²) in [6.45, 7) is 1.87. The van der Waals surface area contributed by atoms with Crippen LogP contribution < -0.4 is 0 Å². The number of piperidine rings is 1. The second-order valence-electron chi connectivity index (χ2n) is 6.40. The van der Waals surface area contributed by atoms with Gasteiger partial charge in [-0.1, -0.05) is 18.9 Å². The predicted octanol–water partition coefficient (Wildman–Crippen LogP) is 3.45. The first-order valence-electron chi connectivity index (χ1n) is 8.02. The Kier molecular flexibility index (Phi) is 4.55. The third kappa shape index (κ3) is 3.27. The van der Waals surface area contributed by atoms with E-state index in [0.29, 0.717) is 12.0 Å². The van der Waals surface area contributed by atoms with E-state index < -0.39 is 11.6 Å². The Hall–Kier alpha value is -1.00. The predicted molar refractivity (Wildman–Crippen MR) is 78.2 cm³/mol. The number of benzene rings is 1. The molecule has 0 aromatic heterocycles. The quantitative estimate of drug-likeness (QED) is 0.903. The van der Waals surface area contributed by atoms with Crippen LogP contribution >= 0.6 is 0 Å². The van der Waals surface area contributed by atoms with Crippen molar-refractivity contribution in [3.8, 4) is 0 Å². The van der Waals surface area contributed by atoms with E-state index in [1.807, 2.05) is 0 Å². The lowest BCUT2D eigenvalue weighted by atomic mass is 9.86. The topological polar surface area (TPSA) is 23.5 Å². The van der Waals surface area contributed by atoms with Gasteiger partial charge in [-0.3, -0.25) is 4.90 Å². The van der Waals surface area contributed by atoms with Gasteiger partial charge >= 0.3 is 0 Å². The average molecular weight is 295 g/mol. The molecule has 0 radical (unpaired) electrons. The maximum atomic E-state index is 13.3. The molecule has 0 unspecified atom stereocenters. The Morgan fingerprint density at radius 1 is 0.952 bits per heavy atom. The first-order valence-corrected chi connectivity index (χ1v) is 8.02. The number of rotatable bonds is 2. The molecule has 21 heavy (non-hydrogen) atoms. The molecule has 1 aliphatic heterocycles. The maximum absolute atomic E-state index is 13.3. The van der Waals surface area contributed by atoms with Crippen LogP contribution in [0.4, 0.5) is 8.78 Å². The van der Waals surface area contributed by atoms with Crippen LogP contribution in [0, 0.1) is 11.6 Å². The zero-order chi connectivity index (χ0) is 14.8. The Balaban J connectivity index is 1.60. The molecular formula is C17H23F2NO. The van der Waals surface area contributed by atoms with Crippen LogP contribution in [0.3, 0.4) is 0 Å². The van der Waals surface area contributed by atoms with Gasteiger partial charge in [0.2, 0.25) is 0 Å². The van der Waals surface area contributed by atoms with Crippen LogP contribution in [0.15, 0.2) is 18.2 Å². The zero-order valence-electron chi connectivity index (χ0n) is 12.3. The fourth-order valence-corrected chi connectivity index (χ4v) is 3.85. The molecule has 2 aliphatic rings. The summed E-state index contributed by atoms with van der Waals surface area (Å²) in [7, 11) is 0. The van der Waals surface area contributed by atoms with Crippen LogP contribution in [0.1, 0.15) is 50.0 Å². The summed E-state index contributed by atoms with van der Waals surface area (Å²) < 4.78 is 26.3. The number of hydrogen-bond acceptors (Lipinski definition) is 2. The highest BCUT2D eigenvalue weighted by atomic mass is 19.2. The van der Waals surface area contributed by atoms with Gasteiger partial charge in [-0.25, -0.2) is 8.78 Å². The molecule has 1 aromatic rings. The van der Waals surface area contributed by atoms with Crippen molar-refractivity contribution in [2.45, 2.75) is 56.6 Å². The van der Waals surface area contributed by atoms with Crippen molar-refractivity contribution in [3.63, 3.8) is 0 Å². The molecule has 1 aliphatic carbocycles. The normalized spacial score (nSPS) is 28.7. The van der Waals surface area contributed by atoms with Crippen LogP contribution in [0.25, 0.3) is 0 Å². The summed E-state index contributed by atoms with van der Waals surface area (Å²) >= 11 is 0. The minimum atomic E-state index is -0.776. The minimum Gasteiger partial charge on any atom is -0.391 e. The molecule has 2 fully saturated rings. The van der Waals surface area contributed by atoms with Gasteiger partial charge in [-0.2, -0.15) is 0 Å². The molecule has 0 amide bonds. The zero-order valence-corrected chi connectivity index (χ0v) is 12.3. The Bertz CT molecular complexity index is 486. The van der Waals surface area contributed by atoms with Crippen molar-refractivity contribution < 1.29 is 13.9 Å². The highest BCUT2D eigenvalue weighted by Gasteiger charge is 2.31. The third-order valence-electron chi connectivity index (χ3n) is 5.11. The summed E-state index contributed by atoms with van der Waals surface area (Å²) in [6.07, 6.45) is 6.03. The largest absolute Gasteiger partial charge is 0.391 e. The van der Waals surface area contributed by atoms with E-state index in [1.54, 1.807) is 6.07 Å². The van der Waals surface area contributed by atoms with Gasteiger partial charge in [-0.15, -0.1) is 0 Å². The highest BCUT2D eigenvalue weighted by molar-refractivity contribution is 5.22. The maximum Gasteiger partial charge on any atom is 0.159 e. The monoisotopic (exact) mass is 295 g/mol. The van der Waals surface area contributed by atoms with Crippen LogP contribution in [0.5, 0.6) is 0 Å². The average Bonchev–Trinajstić information content (AvgIpc) is 2.51. The Morgan fingerprint density at radius 3 is 2.33 bits per heavy atom. The van der Waals surface area contributed by atoms with E-state index in [2.05, 4.69) is 4.90 Å². The van der Waals surface area contributed by atoms with Crippen molar-refractivity contribution in [1.29, 1.82) is 0 Å². The van der Waals surface area contributed by atoms with E-state index in [1.165, 1.54) is 18.6 Å². The smallest absolute Gasteiger partial charge is 0.159 e. The summed E-state index contributed by atoms with van der Waals surface area (Å²) in [5.41, 5.74) is 0.901. The number of aliphatic hydroxyl groups excluding tert-OH is 1. The summed E-state index contributed by atoms with van der Waals surface area (Å²) in [6, 6.07) is 4.56. The van der Waals surface area contributed by atoms with E-state index in [4.69, 9.17) is 0 Å². The Morgan fingerprint density at radius 2 is 1.67 bits per heavy atom. The van der Waals surface area contributed by atoms with Gasteiger partial charge in [0.25, 0.3) is 0 Å². The van der Waals surface area contributed by atoms with Crippen LogP contribution in [0.2, 0.25) is 0 Å². The molecule has 0 bridgehead atoms. The highest BCUT2D eigenvalue weighted by Crippen LogP contribution is 2.32. The molecule has 1 heterocycles. The molecule has 2 atom stereocenters. The molecule has 2 nitrogen and oxygen atoms in total. The molecule has 3 rings (SSSR count). The number of aliphatic hydroxyl groups is 1. The van der Waals surface area contributed by atoms with E-state index in [9.17, 15) is 13.9 Å². The fraction of sp³-hybridized carbons (Fsp3) is 0.647. The fourth-order valence-electron chi connectivity index (χ4n) is 3.85. The van der Waals surface area contributed by atoms with E-state index >= 15 is 0 Å². The van der Waals surface area contributed by atoms with Crippen molar-refractivity contribution in [2.75, 3.05) is 13.1 Å². The molecular weight excluding hydrogens is 272 g/mol.